The minimum atomic E-state index is -0.0911. The summed E-state index contributed by atoms with van der Waals surface area (Å²) in [5.74, 6) is 0. The van der Waals surface area contributed by atoms with Gasteiger partial charge in [-0.05, 0) is 110 Å². The zero-order valence-electron chi connectivity index (χ0n) is 33.7. The predicted octanol–water partition coefficient (Wildman–Crippen LogP) is 14.3. The van der Waals surface area contributed by atoms with Crippen LogP contribution in [0.2, 0.25) is 0 Å². The van der Waals surface area contributed by atoms with E-state index in [2.05, 4.69) is 201 Å². The van der Waals surface area contributed by atoms with Gasteiger partial charge in [0, 0.05) is 33.7 Å². The maximum absolute atomic E-state index is 5.52. The Kier molecular flexibility index (Phi) is 8.88. The van der Waals surface area contributed by atoms with Crippen molar-refractivity contribution >= 4 is 21.8 Å². The summed E-state index contributed by atoms with van der Waals surface area (Å²) in [5.41, 5.74) is 16.7. The Morgan fingerprint density at radius 2 is 0.855 bits per heavy atom. The molecule has 3 aromatic heterocycles. The number of nitrogens with one attached hydrogen (secondary N) is 1. The molecule has 274 valence electrons. The lowest BCUT2D eigenvalue weighted by Gasteiger charge is -2.23. The first-order valence-electron chi connectivity index (χ1n) is 19.5. The van der Waals surface area contributed by atoms with Crippen LogP contribution in [0.1, 0.15) is 79.0 Å². The average molecular weight is 718 g/mol. The second-order valence-electron chi connectivity index (χ2n) is 18.1. The van der Waals surface area contributed by atoms with Crippen LogP contribution in [0, 0.1) is 0 Å². The van der Waals surface area contributed by atoms with Gasteiger partial charge in [-0.1, -0.05) is 141 Å². The number of pyridine rings is 2. The molecule has 0 unspecified atom stereocenters. The number of H-pyrrole nitrogens is 1. The molecule has 8 aromatic rings. The summed E-state index contributed by atoms with van der Waals surface area (Å²) in [7, 11) is 0. The van der Waals surface area contributed by atoms with E-state index in [1.165, 1.54) is 33.2 Å². The Balaban J connectivity index is 1.47. The van der Waals surface area contributed by atoms with E-state index in [0.29, 0.717) is 0 Å². The zero-order chi connectivity index (χ0) is 38.7. The first kappa shape index (κ1) is 36.2. The van der Waals surface area contributed by atoms with Crippen molar-refractivity contribution in [3.8, 4) is 56.0 Å². The molecule has 0 aliphatic carbocycles. The summed E-state index contributed by atoms with van der Waals surface area (Å²) in [6.45, 7) is 20.4. The summed E-state index contributed by atoms with van der Waals surface area (Å²) in [5, 5.41) is 2.33. The maximum Gasteiger partial charge on any atom is 0.0733 e. The standard InChI is InChI=1S/C52H51N3/c1-50(2,3)38-22-16-21-35(25-38)45-31-40(52(7,8)9)32-47(54-45)44-29-37(34-19-14-11-15-20-34)27-42-41-26-36(33-17-12-10-13-18-33)28-43(48(41)55-49(42)44)46-30-39(23-24-53-46)51(4,5)6/h10-32,55H,1-9H3. The van der Waals surface area contributed by atoms with Crippen molar-refractivity contribution in [2.75, 3.05) is 0 Å². The van der Waals surface area contributed by atoms with E-state index >= 15 is 0 Å². The van der Waals surface area contributed by atoms with Crippen LogP contribution in [0.4, 0.5) is 0 Å². The Morgan fingerprint density at radius 3 is 1.40 bits per heavy atom. The molecule has 3 heterocycles. The van der Waals surface area contributed by atoms with Crippen LogP contribution in [0.25, 0.3) is 77.8 Å². The third kappa shape index (κ3) is 7.12. The summed E-state index contributed by atoms with van der Waals surface area (Å²) in [6, 6.07) is 48.6. The van der Waals surface area contributed by atoms with Crippen molar-refractivity contribution in [3.63, 3.8) is 0 Å². The first-order chi connectivity index (χ1) is 26.1. The fourth-order valence-electron chi connectivity index (χ4n) is 7.54. The van der Waals surface area contributed by atoms with E-state index in [9.17, 15) is 0 Å². The minimum Gasteiger partial charge on any atom is -0.353 e. The van der Waals surface area contributed by atoms with Crippen LogP contribution >= 0.6 is 0 Å². The molecule has 0 radical (unpaired) electrons. The number of fused-ring (bicyclic) bond motifs is 3. The van der Waals surface area contributed by atoms with Gasteiger partial charge in [0.2, 0.25) is 0 Å². The quantitative estimate of drug-likeness (QED) is 0.193. The van der Waals surface area contributed by atoms with Gasteiger partial charge in [0.1, 0.15) is 0 Å². The van der Waals surface area contributed by atoms with E-state index in [0.717, 1.165) is 61.3 Å². The summed E-state index contributed by atoms with van der Waals surface area (Å²) < 4.78 is 0. The number of hydrogen-bond donors (Lipinski definition) is 1. The van der Waals surface area contributed by atoms with Gasteiger partial charge >= 0.3 is 0 Å². The fraction of sp³-hybridized carbons (Fsp3) is 0.231. The molecule has 1 N–H and O–H groups in total. The summed E-state index contributed by atoms with van der Waals surface area (Å²) >= 11 is 0. The molecule has 0 aliphatic rings. The lowest BCUT2D eigenvalue weighted by Crippen LogP contribution is -2.13. The highest BCUT2D eigenvalue weighted by Gasteiger charge is 2.23. The lowest BCUT2D eigenvalue weighted by molar-refractivity contribution is 0.589. The lowest BCUT2D eigenvalue weighted by atomic mass is 9.84. The van der Waals surface area contributed by atoms with E-state index in [1.54, 1.807) is 0 Å². The summed E-state index contributed by atoms with van der Waals surface area (Å²) in [6.07, 6.45) is 1.95. The van der Waals surface area contributed by atoms with Crippen LogP contribution in [0.3, 0.4) is 0 Å². The van der Waals surface area contributed by atoms with Crippen molar-refractivity contribution in [2.45, 2.75) is 78.6 Å². The van der Waals surface area contributed by atoms with Gasteiger partial charge in [-0.15, -0.1) is 0 Å². The van der Waals surface area contributed by atoms with Crippen LogP contribution < -0.4 is 0 Å². The smallest absolute Gasteiger partial charge is 0.0733 e. The fourth-order valence-corrected chi connectivity index (χ4v) is 7.54. The number of aromatic nitrogens is 3. The zero-order valence-corrected chi connectivity index (χ0v) is 33.7. The molecule has 55 heavy (non-hydrogen) atoms. The van der Waals surface area contributed by atoms with E-state index in [-0.39, 0.29) is 16.2 Å². The highest BCUT2D eigenvalue weighted by Crippen LogP contribution is 2.43. The number of benzene rings is 5. The summed E-state index contributed by atoms with van der Waals surface area (Å²) in [4.78, 5) is 14.5. The monoisotopic (exact) mass is 717 g/mol. The Hall–Kier alpha value is -5.80. The molecule has 0 saturated carbocycles. The maximum atomic E-state index is 5.52. The van der Waals surface area contributed by atoms with Crippen LogP contribution in [0.15, 0.2) is 140 Å². The molecule has 0 amide bonds. The van der Waals surface area contributed by atoms with Gasteiger partial charge in [-0.3, -0.25) is 4.98 Å². The molecular formula is C52H51N3. The molecule has 0 bridgehead atoms. The third-order valence-electron chi connectivity index (χ3n) is 10.9. The second kappa shape index (κ2) is 13.5. The van der Waals surface area contributed by atoms with Gasteiger partial charge < -0.3 is 4.98 Å². The molecule has 0 fully saturated rings. The highest BCUT2D eigenvalue weighted by atomic mass is 14.8. The molecule has 3 nitrogen and oxygen atoms in total. The Bertz CT molecular complexity index is 2680. The van der Waals surface area contributed by atoms with Crippen molar-refractivity contribution < 1.29 is 0 Å². The highest BCUT2D eigenvalue weighted by molar-refractivity contribution is 6.17. The normalized spacial score (nSPS) is 12.5. The molecule has 0 atom stereocenters. The van der Waals surface area contributed by atoms with Gasteiger partial charge in [0.25, 0.3) is 0 Å². The van der Waals surface area contributed by atoms with Crippen molar-refractivity contribution in [1.29, 1.82) is 0 Å². The molecule has 8 rings (SSSR count). The van der Waals surface area contributed by atoms with Crippen LogP contribution in [-0.4, -0.2) is 15.0 Å². The molecular weight excluding hydrogens is 667 g/mol. The topological polar surface area (TPSA) is 41.6 Å². The van der Waals surface area contributed by atoms with E-state index in [4.69, 9.17) is 9.97 Å². The minimum absolute atomic E-state index is 0.0140. The van der Waals surface area contributed by atoms with Crippen LogP contribution in [0.5, 0.6) is 0 Å². The van der Waals surface area contributed by atoms with Crippen molar-refractivity contribution in [3.05, 3.63) is 156 Å². The Morgan fingerprint density at radius 1 is 0.382 bits per heavy atom. The Labute approximate surface area is 326 Å². The third-order valence-corrected chi connectivity index (χ3v) is 10.9. The van der Waals surface area contributed by atoms with Crippen molar-refractivity contribution in [1.82, 2.24) is 15.0 Å². The number of hydrogen-bond acceptors (Lipinski definition) is 2. The van der Waals surface area contributed by atoms with Gasteiger partial charge in [0.05, 0.1) is 28.1 Å². The largest absolute Gasteiger partial charge is 0.353 e. The van der Waals surface area contributed by atoms with Gasteiger partial charge in [-0.25, -0.2) is 4.98 Å². The first-order valence-corrected chi connectivity index (χ1v) is 19.5. The second-order valence-corrected chi connectivity index (χ2v) is 18.1. The molecule has 0 spiro atoms. The molecule has 3 heteroatoms. The molecule has 5 aromatic carbocycles. The van der Waals surface area contributed by atoms with Gasteiger partial charge in [-0.2, -0.15) is 0 Å². The number of nitrogens with zero attached hydrogens (tertiary/aromatic N) is 2. The average Bonchev–Trinajstić information content (AvgIpc) is 3.55. The van der Waals surface area contributed by atoms with Crippen molar-refractivity contribution in [2.24, 2.45) is 0 Å². The van der Waals surface area contributed by atoms with E-state index in [1.807, 2.05) is 6.20 Å². The van der Waals surface area contributed by atoms with Gasteiger partial charge in [0.15, 0.2) is 0 Å². The van der Waals surface area contributed by atoms with Crippen LogP contribution in [-0.2, 0) is 16.2 Å². The molecule has 0 saturated heterocycles. The SMILES string of the molecule is CC(C)(C)c1cccc(-c2cc(C(C)(C)C)cc(-c3cc(-c4ccccc4)cc4c3[nH]c3c(-c5cc(C(C)(C)C)ccn5)cc(-c5ccccc5)cc34)n2)c1. The number of rotatable bonds is 5. The molecule has 0 aliphatic heterocycles. The van der Waals surface area contributed by atoms with E-state index < -0.39 is 0 Å². The number of aromatic amines is 1. The predicted molar refractivity (Wildman–Crippen MR) is 235 cm³/mol.